The largest absolute Gasteiger partial charge is 0.472 e. The van der Waals surface area contributed by atoms with E-state index in [1.165, 1.54) is 109 Å². The number of rotatable bonds is 73. The van der Waals surface area contributed by atoms with E-state index in [9.17, 15) is 43.2 Å². The minimum Gasteiger partial charge on any atom is -0.462 e. The average molecular weight is 1400 g/mol. The predicted octanol–water partition coefficient (Wildman–Crippen LogP) is 21.9. The smallest absolute Gasteiger partial charge is 0.462 e. The van der Waals surface area contributed by atoms with E-state index in [1.54, 1.807) is 0 Å². The molecule has 0 rings (SSSR count). The van der Waals surface area contributed by atoms with Crippen LogP contribution in [0.5, 0.6) is 0 Å². The lowest BCUT2D eigenvalue weighted by molar-refractivity contribution is -0.161. The zero-order valence-electron chi connectivity index (χ0n) is 61.1. The van der Waals surface area contributed by atoms with Gasteiger partial charge in [-0.1, -0.05) is 249 Å². The third-order valence-corrected chi connectivity index (χ3v) is 18.3. The lowest BCUT2D eigenvalue weighted by atomic mass is 10.1. The van der Waals surface area contributed by atoms with Gasteiger partial charge in [0.05, 0.1) is 26.4 Å². The van der Waals surface area contributed by atoms with Crippen molar-refractivity contribution >= 4 is 39.5 Å². The van der Waals surface area contributed by atoms with Gasteiger partial charge in [-0.3, -0.25) is 37.3 Å². The molecule has 0 aliphatic carbocycles. The Morgan fingerprint density at radius 1 is 0.292 bits per heavy atom. The molecule has 3 N–H and O–H groups in total. The molecule has 0 heterocycles. The zero-order valence-corrected chi connectivity index (χ0v) is 62.8. The van der Waals surface area contributed by atoms with Gasteiger partial charge in [0.15, 0.2) is 12.2 Å². The molecule has 0 amide bonds. The number of hydrogen-bond donors (Lipinski definition) is 3. The van der Waals surface area contributed by atoms with Crippen LogP contribution in [0.15, 0.2) is 60.8 Å². The Balaban J connectivity index is 5.34. The number of carbonyl (C=O) groups excluding carboxylic acids is 4. The molecule has 0 aliphatic rings. The zero-order chi connectivity index (χ0) is 70.4. The summed E-state index contributed by atoms with van der Waals surface area (Å²) in [7, 11) is -9.94. The SMILES string of the molecule is CCCCC/C=C\C/C=C\CCCCCCCC(=O)O[C@H](COC(=O)CCCCCCC/C=C\CCCCCC)COP(=O)(O)OC[C@H](O)COP(=O)(O)OC[C@@H](COC(=O)CCCCCCC/C=C\CCCCCCCC)OC(=O)CCCCCCC/C=C\CCCCCC. The molecular formula is C77H140O17P2. The van der Waals surface area contributed by atoms with Crippen molar-refractivity contribution in [3.8, 4) is 0 Å². The number of esters is 4. The summed E-state index contributed by atoms with van der Waals surface area (Å²) in [6.45, 7) is 4.81. The summed E-state index contributed by atoms with van der Waals surface area (Å²) in [4.78, 5) is 72.8. The van der Waals surface area contributed by atoms with Gasteiger partial charge in [-0.25, -0.2) is 9.13 Å². The second-order valence-corrected chi connectivity index (χ2v) is 28.8. The van der Waals surface area contributed by atoms with E-state index in [2.05, 4.69) is 88.5 Å². The fraction of sp³-hybridized carbons (Fsp3) is 0.818. The molecule has 96 heavy (non-hydrogen) atoms. The number of carbonyl (C=O) groups is 4. The molecule has 560 valence electrons. The molecule has 19 heteroatoms. The topological polar surface area (TPSA) is 237 Å². The summed E-state index contributed by atoms with van der Waals surface area (Å²) in [5, 5.41) is 10.6. The van der Waals surface area contributed by atoms with E-state index in [0.29, 0.717) is 25.7 Å². The van der Waals surface area contributed by atoms with Gasteiger partial charge in [-0.15, -0.1) is 0 Å². The van der Waals surface area contributed by atoms with Crippen molar-refractivity contribution in [1.82, 2.24) is 0 Å². The van der Waals surface area contributed by atoms with Crippen LogP contribution in [0.1, 0.15) is 349 Å². The summed E-state index contributed by atoms with van der Waals surface area (Å²) in [5.74, 6) is -2.19. The Kier molecular flexibility index (Phi) is 67.8. The summed E-state index contributed by atoms with van der Waals surface area (Å²) in [5.41, 5.74) is 0. The fourth-order valence-corrected chi connectivity index (χ4v) is 12.0. The van der Waals surface area contributed by atoms with Crippen molar-refractivity contribution in [1.29, 1.82) is 0 Å². The lowest BCUT2D eigenvalue weighted by Crippen LogP contribution is -2.30. The van der Waals surface area contributed by atoms with Crippen molar-refractivity contribution in [2.24, 2.45) is 0 Å². The number of hydrogen-bond acceptors (Lipinski definition) is 15. The number of aliphatic hydroxyl groups excluding tert-OH is 1. The highest BCUT2D eigenvalue weighted by atomic mass is 31.2. The van der Waals surface area contributed by atoms with E-state index >= 15 is 0 Å². The minimum absolute atomic E-state index is 0.0806. The highest BCUT2D eigenvalue weighted by Crippen LogP contribution is 2.45. The van der Waals surface area contributed by atoms with Crippen LogP contribution in [0.3, 0.4) is 0 Å². The van der Waals surface area contributed by atoms with Crippen LogP contribution in [0.4, 0.5) is 0 Å². The standard InChI is InChI=1S/C77H140O17P2/c1-5-9-13-17-21-25-29-33-35-39-42-46-50-54-58-62-75(80)88-68-72(93-76(81)63-59-55-51-47-43-38-32-28-24-20-16-12-8-4)69-91-95(83,84)89-65-71(78)66-90-96(85,86)92-70-73(67-87-74(79)61-57-53-49-45-41-37-31-27-23-19-15-11-7-3)94-77(82)64-60-56-52-48-44-40-36-34-30-26-22-18-14-10-6-2/h22,26-28,31-36,71-73,78H,5-21,23-25,29-30,37-70H2,1-4H3,(H,83,84)(H,85,86)/b26-22-,31-27-,32-28-,35-33-,36-34-/t71-,72-,73-/m1/s1. The molecule has 0 radical (unpaired) electrons. The highest BCUT2D eigenvalue weighted by molar-refractivity contribution is 7.47. The van der Waals surface area contributed by atoms with Gasteiger partial charge in [0.1, 0.15) is 19.3 Å². The fourth-order valence-electron chi connectivity index (χ4n) is 10.5. The molecule has 17 nitrogen and oxygen atoms in total. The molecule has 0 saturated carbocycles. The van der Waals surface area contributed by atoms with Crippen molar-refractivity contribution in [2.45, 2.75) is 367 Å². The molecule has 0 aromatic rings. The summed E-state index contributed by atoms with van der Waals surface area (Å²) in [6.07, 6.45) is 67.7. The first-order chi connectivity index (χ1) is 46.7. The maximum atomic E-state index is 13.1. The molecule has 0 aromatic carbocycles. The van der Waals surface area contributed by atoms with E-state index in [1.807, 2.05) is 0 Å². The van der Waals surface area contributed by atoms with E-state index in [-0.39, 0.29) is 25.7 Å². The molecule has 0 spiro atoms. The van der Waals surface area contributed by atoms with Gasteiger partial charge >= 0.3 is 39.5 Å². The maximum Gasteiger partial charge on any atom is 0.472 e. The number of unbranched alkanes of at least 4 members (excludes halogenated alkanes) is 37. The number of aliphatic hydroxyl groups is 1. The van der Waals surface area contributed by atoms with Crippen LogP contribution in [-0.2, 0) is 65.4 Å². The number of phosphoric ester groups is 2. The normalized spacial score (nSPS) is 14.3. The third kappa shape index (κ3) is 69.2. The van der Waals surface area contributed by atoms with Crippen LogP contribution >= 0.6 is 15.6 Å². The minimum atomic E-state index is -4.97. The number of phosphoric acid groups is 2. The first-order valence-corrected chi connectivity index (χ1v) is 41.5. The number of ether oxygens (including phenoxy) is 4. The predicted molar refractivity (Wildman–Crippen MR) is 390 cm³/mol. The van der Waals surface area contributed by atoms with Crippen LogP contribution in [0.25, 0.3) is 0 Å². The Labute approximate surface area is 584 Å². The first-order valence-electron chi connectivity index (χ1n) is 38.5. The molecule has 5 atom stereocenters. The molecule has 0 saturated heterocycles. The molecule has 0 aliphatic heterocycles. The second kappa shape index (κ2) is 70.2. The highest BCUT2D eigenvalue weighted by Gasteiger charge is 2.30. The first kappa shape index (κ1) is 92.8. The molecule has 0 bridgehead atoms. The molecule has 2 unspecified atom stereocenters. The Morgan fingerprint density at radius 2 is 0.510 bits per heavy atom. The van der Waals surface area contributed by atoms with Crippen molar-refractivity contribution in [3.63, 3.8) is 0 Å². The van der Waals surface area contributed by atoms with Crippen LogP contribution in [0.2, 0.25) is 0 Å². The van der Waals surface area contributed by atoms with Gasteiger partial charge < -0.3 is 33.8 Å². The number of allylic oxidation sites excluding steroid dienone is 10. The van der Waals surface area contributed by atoms with Crippen molar-refractivity contribution in [3.05, 3.63) is 60.8 Å². The Morgan fingerprint density at radius 3 is 0.812 bits per heavy atom. The Hall–Kier alpha value is -3.24. The maximum absolute atomic E-state index is 13.1. The Bertz CT molecular complexity index is 2060. The van der Waals surface area contributed by atoms with Crippen molar-refractivity contribution in [2.75, 3.05) is 39.6 Å². The molecule has 0 aromatic heterocycles. The van der Waals surface area contributed by atoms with E-state index < -0.39 is 97.5 Å². The lowest BCUT2D eigenvalue weighted by Gasteiger charge is -2.21. The van der Waals surface area contributed by atoms with Gasteiger partial charge in [-0.2, -0.15) is 0 Å². The third-order valence-electron chi connectivity index (χ3n) is 16.4. The second-order valence-electron chi connectivity index (χ2n) is 25.9. The summed E-state index contributed by atoms with van der Waals surface area (Å²) < 4.78 is 68.4. The summed E-state index contributed by atoms with van der Waals surface area (Å²) in [6, 6.07) is 0. The summed E-state index contributed by atoms with van der Waals surface area (Å²) >= 11 is 0. The van der Waals surface area contributed by atoms with Crippen LogP contribution < -0.4 is 0 Å². The van der Waals surface area contributed by atoms with Gasteiger partial charge in [-0.05, 0) is 135 Å². The van der Waals surface area contributed by atoms with Crippen LogP contribution in [-0.4, -0.2) is 96.7 Å². The van der Waals surface area contributed by atoms with Gasteiger partial charge in [0, 0.05) is 25.7 Å². The monoisotopic (exact) mass is 1400 g/mol. The quantitative estimate of drug-likeness (QED) is 0.0169. The van der Waals surface area contributed by atoms with Crippen molar-refractivity contribution < 1.29 is 80.2 Å². The molecule has 0 fully saturated rings. The van der Waals surface area contributed by atoms with E-state index in [0.717, 1.165) is 161 Å². The molecular weight excluding hydrogens is 1260 g/mol. The van der Waals surface area contributed by atoms with E-state index in [4.69, 9.17) is 37.0 Å². The van der Waals surface area contributed by atoms with Gasteiger partial charge in [0.25, 0.3) is 0 Å². The van der Waals surface area contributed by atoms with Gasteiger partial charge in [0.2, 0.25) is 0 Å². The van der Waals surface area contributed by atoms with Crippen LogP contribution in [0, 0.1) is 0 Å². The average Bonchev–Trinajstić information content (AvgIpc) is 1.29.